The summed E-state index contributed by atoms with van der Waals surface area (Å²) in [5.74, 6) is -1.09. The highest BCUT2D eigenvalue weighted by Crippen LogP contribution is 2.17. The van der Waals surface area contributed by atoms with Crippen molar-refractivity contribution in [2.45, 2.75) is 19.8 Å². The number of rotatable bonds is 2. The molecule has 2 amide bonds. The molecule has 0 radical (unpaired) electrons. The molecule has 0 aliphatic carbocycles. The van der Waals surface area contributed by atoms with Crippen molar-refractivity contribution in [1.82, 2.24) is 4.90 Å². The van der Waals surface area contributed by atoms with Crippen molar-refractivity contribution < 1.29 is 19.1 Å². The van der Waals surface area contributed by atoms with Crippen LogP contribution in [0.2, 0.25) is 0 Å². The van der Waals surface area contributed by atoms with E-state index >= 15 is 0 Å². The first kappa shape index (κ1) is 10.7. The lowest BCUT2D eigenvalue weighted by molar-refractivity contribution is -0.149. The van der Waals surface area contributed by atoms with Gasteiger partial charge >= 0.3 is 5.97 Å². The molecule has 1 aliphatic heterocycles. The van der Waals surface area contributed by atoms with Crippen LogP contribution >= 0.6 is 0 Å². The standard InChI is InChI=1S/C9H13NO4/c1-6-3-7(11)10(5-6)8(12)4-9(13)14-2/h6H,3-5H2,1-2H3. The Bertz CT molecular complexity index is 274. The number of carbonyl (C=O) groups is 3. The molecular formula is C9H13NO4. The molecule has 1 heterocycles. The molecule has 14 heavy (non-hydrogen) atoms. The first-order valence-electron chi connectivity index (χ1n) is 4.44. The summed E-state index contributed by atoms with van der Waals surface area (Å²) in [6.45, 7) is 2.30. The van der Waals surface area contributed by atoms with Crippen LogP contribution in [-0.4, -0.2) is 36.3 Å². The van der Waals surface area contributed by atoms with E-state index in [1.54, 1.807) is 0 Å². The Morgan fingerprint density at radius 1 is 1.57 bits per heavy atom. The van der Waals surface area contributed by atoms with Crippen molar-refractivity contribution >= 4 is 17.8 Å². The lowest BCUT2D eigenvalue weighted by atomic mass is 10.2. The fraction of sp³-hybridized carbons (Fsp3) is 0.667. The topological polar surface area (TPSA) is 63.7 Å². The molecule has 0 spiro atoms. The van der Waals surface area contributed by atoms with Crippen molar-refractivity contribution in [3.05, 3.63) is 0 Å². The maximum absolute atomic E-state index is 11.4. The minimum atomic E-state index is -0.609. The van der Waals surface area contributed by atoms with E-state index < -0.39 is 11.9 Å². The Morgan fingerprint density at radius 3 is 2.64 bits per heavy atom. The van der Waals surface area contributed by atoms with Gasteiger partial charge in [0.2, 0.25) is 11.8 Å². The number of esters is 1. The number of imide groups is 1. The van der Waals surface area contributed by atoms with Crippen LogP contribution in [0, 0.1) is 5.92 Å². The summed E-state index contributed by atoms with van der Waals surface area (Å²) in [7, 11) is 1.21. The third-order valence-corrected chi connectivity index (χ3v) is 2.14. The van der Waals surface area contributed by atoms with Crippen molar-refractivity contribution in [2.24, 2.45) is 5.92 Å². The highest BCUT2D eigenvalue weighted by molar-refractivity contribution is 6.03. The van der Waals surface area contributed by atoms with Crippen LogP contribution in [0.4, 0.5) is 0 Å². The quantitative estimate of drug-likeness (QED) is 0.462. The normalized spacial score (nSPS) is 21.1. The van der Waals surface area contributed by atoms with Crippen molar-refractivity contribution in [1.29, 1.82) is 0 Å². The predicted molar refractivity (Wildman–Crippen MR) is 47.1 cm³/mol. The molecule has 0 bridgehead atoms. The van der Waals surface area contributed by atoms with Crippen LogP contribution in [0.1, 0.15) is 19.8 Å². The number of amides is 2. The number of hydrogen-bond acceptors (Lipinski definition) is 4. The Hall–Kier alpha value is -1.39. The van der Waals surface area contributed by atoms with E-state index in [0.29, 0.717) is 13.0 Å². The molecule has 0 aromatic rings. The van der Waals surface area contributed by atoms with E-state index in [2.05, 4.69) is 4.74 Å². The smallest absolute Gasteiger partial charge is 0.315 e. The molecule has 1 aliphatic rings. The van der Waals surface area contributed by atoms with E-state index in [1.165, 1.54) is 7.11 Å². The maximum atomic E-state index is 11.4. The number of methoxy groups -OCH3 is 1. The van der Waals surface area contributed by atoms with Gasteiger partial charge < -0.3 is 4.74 Å². The van der Waals surface area contributed by atoms with E-state index in [0.717, 1.165) is 4.90 Å². The lowest BCUT2D eigenvalue weighted by Gasteiger charge is -2.12. The molecule has 78 valence electrons. The van der Waals surface area contributed by atoms with Gasteiger partial charge in [-0.3, -0.25) is 19.3 Å². The minimum Gasteiger partial charge on any atom is -0.469 e. The van der Waals surface area contributed by atoms with Crippen molar-refractivity contribution in [3.8, 4) is 0 Å². The fourth-order valence-electron chi connectivity index (χ4n) is 1.42. The van der Waals surface area contributed by atoms with Gasteiger partial charge in [-0.2, -0.15) is 0 Å². The first-order valence-corrected chi connectivity index (χ1v) is 4.44. The molecule has 0 aromatic carbocycles. The van der Waals surface area contributed by atoms with Crippen LogP contribution in [0.25, 0.3) is 0 Å². The fourth-order valence-corrected chi connectivity index (χ4v) is 1.42. The SMILES string of the molecule is COC(=O)CC(=O)N1CC(C)CC1=O. The molecule has 5 heteroatoms. The monoisotopic (exact) mass is 199 g/mol. The highest BCUT2D eigenvalue weighted by atomic mass is 16.5. The summed E-state index contributed by atoms with van der Waals surface area (Å²) in [4.78, 5) is 34.5. The Morgan fingerprint density at radius 2 is 2.21 bits per heavy atom. The van der Waals surface area contributed by atoms with Gasteiger partial charge in [0.25, 0.3) is 0 Å². The van der Waals surface area contributed by atoms with Crippen molar-refractivity contribution in [2.75, 3.05) is 13.7 Å². The second-order valence-corrected chi connectivity index (χ2v) is 3.46. The van der Waals surface area contributed by atoms with Gasteiger partial charge in [0.15, 0.2) is 0 Å². The number of nitrogens with zero attached hydrogens (tertiary/aromatic N) is 1. The van der Waals surface area contributed by atoms with Gasteiger partial charge in [-0.15, -0.1) is 0 Å². The van der Waals surface area contributed by atoms with Crippen molar-refractivity contribution in [3.63, 3.8) is 0 Å². The van der Waals surface area contributed by atoms with E-state index in [1.807, 2.05) is 6.92 Å². The lowest BCUT2D eigenvalue weighted by Crippen LogP contribution is -2.33. The average molecular weight is 199 g/mol. The predicted octanol–water partition coefficient (Wildman–Crippen LogP) is -0.0555. The third kappa shape index (κ3) is 2.31. The van der Waals surface area contributed by atoms with Crippen LogP contribution < -0.4 is 0 Å². The van der Waals surface area contributed by atoms with Crippen LogP contribution in [0.3, 0.4) is 0 Å². The molecule has 1 saturated heterocycles. The van der Waals surface area contributed by atoms with Gasteiger partial charge in [-0.05, 0) is 5.92 Å². The van der Waals surface area contributed by atoms with Gasteiger partial charge in [-0.25, -0.2) is 0 Å². The zero-order chi connectivity index (χ0) is 10.7. The Balaban J connectivity index is 2.53. The maximum Gasteiger partial charge on any atom is 0.315 e. The summed E-state index contributed by atoms with van der Waals surface area (Å²) < 4.78 is 4.34. The largest absolute Gasteiger partial charge is 0.469 e. The first-order chi connectivity index (χ1) is 6.54. The van der Waals surface area contributed by atoms with Crippen LogP contribution in [0.5, 0.6) is 0 Å². The average Bonchev–Trinajstić information content (AvgIpc) is 2.45. The zero-order valence-electron chi connectivity index (χ0n) is 8.28. The molecule has 5 nitrogen and oxygen atoms in total. The third-order valence-electron chi connectivity index (χ3n) is 2.14. The summed E-state index contributed by atoms with van der Waals surface area (Å²) in [6.07, 6.45) is 0.0296. The molecule has 0 N–H and O–H groups in total. The number of ether oxygens (including phenoxy) is 1. The summed E-state index contributed by atoms with van der Waals surface area (Å²) >= 11 is 0. The second-order valence-electron chi connectivity index (χ2n) is 3.46. The Kier molecular flexibility index (Phi) is 3.22. The summed E-state index contributed by atoms with van der Waals surface area (Å²) in [6, 6.07) is 0. The second kappa shape index (κ2) is 4.21. The Labute approximate surface area is 82.0 Å². The van der Waals surface area contributed by atoms with E-state index in [4.69, 9.17) is 0 Å². The van der Waals surface area contributed by atoms with E-state index in [-0.39, 0.29) is 18.2 Å². The van der Waals surface area contributed by atoms with Gasteiger partial charge in [-0.1, -0.05) is 6.92 Å². The van der Waals surface area contributed by atoms with Gasteiger partial charge in [0, 0.05) is 13.0 Å². The van der Waals surface area contributed by atoms with Gasteiger partial charge in [0.05, 0.1) is 7.11 Å². The summed E-state index contributed by atoms with van der Waals surface area (Å²) in [5, 5.41) is 0. The minimum absolute atomic E-state index is 0.184. The zero-order valence-corrected chi connectivity index (χ0v) is 8.28. The molecule has 1 rings (SSSR count). The number of carbonyl (C=O) groups excluding carboxylic acids is 3. The highest BCUT2D eigenvalue weighted by Gasteiger charge is 2.32. The van der Waals surface area contributed by atoms with Crippen LogP contribution in [0.15, 0.2) is 0 Å². The molecule has 0 saturated carbocycles. The molecule has 1 unspecified atom stereocenters. The van der Waals surface area contributed by atoms with Crippen LogP contribution in [-0.2, 0) is 19.1 Å². The molecular weight excluding hydrogens is 186 g/mol. The number of hydrogen-bond donors (Lipinski definition) is 0. The number of likely N-dealkylation sites (tertiary alicyclic amines) is 1. The molecule has 1 fully saturated rings. The van der Waals surface area contributed by atoms with E-state index in [9.17, 15) is 14.4 Å². The molecule has 0 aromatic heterocycles. The van der Waals surface area contributed by atoms with Gasteiger partial charge in [0.1, 0.15) is 6.42 Å². The summed E-state index contributed by atoms with van der Waals surface area (Å²) in [5.41, 5.74) is 0. The molecule has 1 atom stereocenters.